The van der Waals surface area contributed by atoms with Crippen molar-refractivity contribution in [1.82, 2.24) is 9.97 Å². The van der Waals surface area contributed by atoms with Gasteiger partial charge in [0, 0.05) is 0 Å². The van der Waals surface area contributed by atoms with Crippen LogP contribution in [0.5, 0.6) is 17.4 Å². The molecule has 0 fully saturated rings. The van der Waals surface area contributed by atoms with Crippen molar-refractivity contribution in [2.24, 2.45) is 0 Å². The highest BCUT2D eigenvalue weighted by molar-refractivity contribution is 5.86. The number of hydrogen-bond acceptors (Lipinski definition) is 4. The standard InChI is InChI=1S/C24H22N2O2/c1-15(2)17-13-12-16(3)22(14-17)28-24-18-8-4-6-10-20(18)25-23(26-24)19-9-5-7-11-21(19)27/h4-15,27H,1-3H3. The Morgan fingerprint density at radius 2 is 1.64 bits per heavy atom. The number of nitrogens with zero attached hydrogens (tertiary/aromatic N) is 2. The van der Waals surface area contributed by atoms with Crippen molar-refractivity contribution in [2.45, 2.75) is 26.7 Å². The zero-order valence-electron chi connectivity index (χ0n) is 16.2. The maximum Gasteiger partial charge on any atom is 0.230 e. The Labute approximate surface area is 164 Å². The quantitative estimate of drug-likeness (QED) is 0.463. The second-order valence-corrected chi connectivity index (χ2v) is 7.17. The molecule has 4 nitrogen and oxygen atoms in total. The monoisotopic (exact) mass is 370 g/mol. The summed E-state index contributed by atoms with van der Waals surface area (Å²) >= 11 is 0. The summed E-state index contributed by atoms with van der Waals surface area (Å²) in [7, 11) is 0. The van der Waals surface area contributed by atoms with Gasteiger partial charge in [-0.25, -0.2) is 4.98 Å². The number of rotatable bonds is 4. The molecule has 1 N–H and O–H groups in total. The second-order valence-electron chi connectivity index (χ2n) is 7.17. The van der Waals surface area contributed by atoms with E-state index in [-0.39, 0.29) is 5.75 Å². The molecule has 0 spiro atoms. The van der Waals surface area contributed by atoms with Gasteiger partial charge in [-0.1, -0.05) is 50.2 Å². The van der Waals surface area contributed by atoms with Gasteiger partial charge in [0.2, 0.25) is 5.88 Å². The topological polar surface area (TPSA) is 55.2 Å². The van der Waals surface area contributed by atoms with Gasteiger partial charge >= 0.3 is 0 Å². The van der Waals surface area contributed by atoms with Crippen LogP contribution in [0.25, 0.3) is 22.3 Å². The maximum absolute atomic E-state index is 10.2. The summed E-state index contributed by atoms with van der Waals surface area (Å²) in [5.74, 6) is 2.24. The molecule has 28 heavy (non-hydrogen) atoms. The Hall–Kier alpha value is -3.40. The molecule has 1 heterocycles. The van der Waals surface area contributed by atoms with E-state index in [4.69, 9.17) is 4.74 Å². The van der Waals surface area contributed by atoms with Crippen molar-refractivity contribution >= 4 is 10.9 Å². The van der Waals surface area contributed by atoms with E-state index in [0.717, 1.165) is 22.2 Å². The maximum atomic E-state index is 10.2. The molecule has 0 aliphatic heterocycles. The van der Waals surface area contributed by atoms with Gasteiger partial charge in [-0.3, -0.25) is 0 Å². The summed E-state index contributed by atoms with van der Waals surface area (Å²) in [4.78, 5) is 9.28. The first kappa shape index (κ1) is 18.0. The molecule has 0 bridgehead atoms. The predicted molar refractivity (Wildman–Crippen MR) is 112 cm³/mol. The molecule has 4 heteroatoms. The van der Waals surface area contributed by atoms with Crippen LogP contribution in [0, 0.1) is 6.92 Å². The van der Waals surface area contributed by atoms with E-state index >= 15 is 0 Å². The van der Waals surface area contributed by atoms with Crippen LogP contribution in [0.3, 0.4) is 0 Å². The lowest BCUT2D eigenvalue weighted by Crippen LogP contribution is -1.98. The molecule has 0 saturated carbocycles. The van der Waals surface area contributed by atoms with Crippen molar-refractivity contribution < 1.29 is 9.84 Å². The van der Waals surface area contributed by atoms with Gasteiger partial charge in [-0.05, 0) is 54.3 Å². The van der Waals surface area contributed by atoms with Crippen molar-refractivity contribution in [3.05, 3.63) is 77.9 Å². The Morgan fingerprint density at radius 3 is 2.43 bits per heavy atom. The fourth-order valence-electron chi connectivity index (χ4n) is 3.10. The summed E-state index contributed by atoms with van der Waals surface area (Å²) in [5.41, 5.74) is 3.59. The van der Waals surface area contributed by atoms with E-state index in [2.05, 4.69) is 42.0 Å². The van der Waals surface area contributed by atoms with Gasteiger partial charge in [0.25, 0.3) is 0 Å². The smallest absolute Gasteiger partial charge is 0.230 e. The number of aromatic nitrogens is 2. The van der Waals surface area contributed by atoms with Gasteiger partial charge in [0.15, 0.2) is 5.82 Å². The molecule has 0 radical (unpaired) electrons. The highest BCUT2D eigenvalue weighted by Gasteiger charge is 2.15. The number of hydrogen-bond donors (Lipinski definition) is 1. The first-order valence-corrected chi connectivity index (χ1v) is 9.36. The largest absolute Gasteiger partial charge is 0.507 e. The van der Waals surface area contributed by atoms with Crippen LogP contribution in [0.2, 0.25) is 0 Å². The van der Waals surface area contributed by atoms with Crippen molar-refractivity contribution in [3.8, 4) is 28.8 Å². The minimum Gasteiger partial charge on any atom is -0.507 e. The molecule has 4 aromatic rings. The summed E-state index contributed by atoms with van der Waals surface area (Å²) in [6.45, 7) is 6.34. The molecule has 140 valence electrons. The Kier molecular flexibility index (Phi) is 4.70. The third-order valence-corrected chi connectivity index (χ3v) is 4.80. The van der Waals surface area contributed by atoms with E-state index in [1.54, 1.807) is 18.2 Å². The molecule has 1 aromatic heterocycles. The van der Waals surface area contributed by atoms with Gasteiger partial charge in [0.05, 0.1) is 16.5 Å². The van der Waals surface area contributed by atoms with Gasteiger partial charge in [-0.2, -0.15) is 4.98 Å². The summed E-state index contributed by atoms with van der Waals surface area (Å²) in [5, 5.41) is 11.1. The highest BCUT2D eigenvalue weighted by atomic mass is 16.5. The van der Waals surface area contributed by atoms with E-state index in [1.165, 1.54) is 5.56 Å². The van der Waals surface area contributed by atoms with Gasteiger partial charge in [0.1, 0.15) is 11.5 Å². The number of phenols is 1. The number of benzene rings is 3. The second kappa shape index (κ2) is 7.31. The highest BCUT2D eigenvalue weighted by Crippen LogP contribution is 2.34. The molecule has 4 rings (SSSR count). The van der Waals surface area contributed by atoms with Crippen LogP contribution >= 0.6 is 0 Å². The molecule has 0 amide bonds. The predicted octanol–water partition coefficient (Wildman–Crippen LogP) is 6.23. The number of aromatic hydroxyl groups is 1. The minimum atomic E-state index is 0.140. The van der Waals surface area contributed by atoms with E-state index in [0.29, 0.717) is 23.2 Å². The minimum absolute atomic E-state index is 0.140. The van der Waals surface area contributed by atoms with E-state index in [9.17, 15) is 5.11 Å². The lowest BCUT2D eigenvalue weighted by molar-refractivity contribution is 0.463. The molecule has 0 unspecified atom stereocenters. The zero-order valence-corrected chi connectivity index (χ0v) is 16.2. The van der Waals surface area contributed by atoms with Crippen LogP contribution in [-0.4, -0.2) is 15.1 Å². The first-order valence-electron chi connectivity index (χ1n) is 9.36. The molecule has 0 saturated heterocycles. The number of fused-ring (bicyclic) bond motifs is 1. The third kappa shape index (κ3) is 3.41. The number of aryl methyl sites for hydroxylation is 1. The Morgan fingerprint density at radius 1 is 0.893 bits per heavy atom. The van der Waals surface area contributed by atoms with Gasteiger partial charge in [-0.15, -0.1) is 0 Å². The number of phenolic OH excluding ortho intramolecular Hbond substituents is 1. The Balaban J connectivity index is 1.87. The van der Waals surface area contributed by atoms with Crippen LogP contribution < -0.4 is 4.74 Å². The van der Waals surface area contributed by atoms with Crippen LogP contribution in [0.4, 0.5) is 0 Å². The van der Waals surface area contributed by atoms with Crippen molar-refractivity contribution in [1.29, 1.82) is 0 Å². The van der Waals surface area contributed by atoms with Crippen molar-refractivity contribution in [2.75, 3.05) is 0 Å². The van der Waals surface area contributed by atoms with Crippen LogP contribution in [-0.2, 0) is 0 Å². The fraction of sp³-hybridized carbons (Fsp3) is 0.167. The third-order valence-electron chi connectivity index (χ3n) is 4.80. The molecular formula is C24H22N2O2. The average molecular weight is 370 g/mol. The molecule has 0 aliphatic carbocycles. The molecule has 3 aromatic carbocycles. The Bertz CT molecular complexity index is 1150. The fourth-order valence-corrected chi connectivity index (χ4v) is 3.10. The molecular weight excluding hydrogens is 348 g/mol. The lowest BCUT2D eigenvalue weighted by Gasteiger charge is -2.14. The summed E-state index contributed by atoms with van der Waals surface area (Å²) in [6, 6.07) is 21.0. The van der Waals surface area contributed by atoms with E-state index < -0.39 is 0 Å². The zero-order chi connectivity index (χ0) is 19.7. The summed E-state index contributed by atoms with van der Waals surface area (Å²) < 4.78 is 6.28. The summed E-state index contributed by atoms with van der Waals surface area (Å²) in [6.07, 6.45) is 0. The van der Waals surface area contributed by atoms with Gasteiger partial charge < -0.3 is 9.84 Å². The number of para-hydroxylation sites is 2. The SMILES string of the molecule is Cc1ccc(C(C)C)cc1Oc1nc(-c2ccccc2O)nc2ccccc12. The van der Waals surface area contributed by atoms with Crippen LogP contribution in [0.1, 0.15) is 30.9 Å². The molecule has 0 aliphatic rings. The van der Waals surface area contributed by atoms with Crippen molar-refractivity contribution in [3.63, 3.8) is 0 Å². The normalized spacial score (nSPS) is 11.1. The average Bonchev–Trinajstić information content (AvgIpc) is 2.69. The van der Waals surface area contributed by atoms with Crippen LogP contribution in [0.15, 0.2) is 66.7 Å². The lowest BCUT2D eigenvalue weighted by atomic mass is 10.0. The number of ether oxygens (including phenoxy) is 1. The first-order chi connectivity index (χ1) is 13.5. The van der Waals surface area contributed by atoms with E-state index in [1.807, 2.05) is 37.3 Å². The molecule has 0 atom stereocenters.